The molecule has 0 aliphatic carbocycles. The van der Waals surface area contributed by atoms with E-state index in [1.165, 1.54) is 6.07 Å². The minimum Gasteiger partial charge on any atom is -0.381 e. The molecule has 0 spiro atoms. The standard InChI is InChI=1S/C16H24FNO/c1-13(2)10-18-11-16(6-7-19-12-16)9-14-4-3-5-15(17)8-14/h3-5,8,13,18H,6-7,9-12H2,1-2H3. The zero-order valence-electron chi connectivity index (χ0n) is 11.9. The predicted octanol–water partition coefficient (Wildman–Crippen LogP) is 3.02. The lowest BCUT2D eigenvalue weighted by Crippen LogP contribution is -2.38. The molecule has 0 bridgehead atoms. The lowest BCUT2D eigenvalue weighted by molar-refractivity contribution is 0.148. The Labute approximate surface area is 115 Å². The smallest absolute Gasteiger partial charge is 0.123 e. The Morgan fingerprint density at radius 1 is 1.42 bits per heavy atom. The van der Waals surface area contributed by atoms with Crippen LogP contribution in [0.2, 0.25) is 0 Å². The van der Waals surface area contributed by atoms with E-state index in [9.17, 15) is 4.39 Å². The van der Waals surface area contributed by atoms with Gasteiger partial charge in [0.2, 0.25) is 0 Å². The summed E-state index contributed by atoms with van der Waals surface area (Å²) < 4.78 is 18.9. The average Bonchev–Trinajstić information content (AvgIpc) is 2.77. The SMILES string of the molecule is CC(C)CNCC1(Cc2cccc(F)c2)CCOC1. The fourth-order valence-electron chi connectivity index (χ4n) is 2.70. The molecule has 1 saturated heterocycles. The van der Waals surface area contributed by atoms with Crippen LogP contribution in [0.15, 0.2) is 24.3 Å². The van der Waals surface area contributed by atoms with Crippen LogP contribution in [0.5, 0.6) is 0 Å². The van der Waals surface area contributed by atoms with Crippen molar-refractivity contribution in [2.75, 3.05) is 26.3 Å². The van der Waals surface area contributed by atoms with Gasteiger partial charge in [0.05, 0.1) is 6.61 Å². The summed E-state index contributed by atoms with van der Waals surface area (Å²) in [5, 5.41) is 3.53. The summed E-state index contributed by atoms with van der Waals surface area (Å²) in [4.78, 5) is 0. The Kier molecular flexibility index (Phi) is 4.94. The van der Waals surface area contributed by atoms with Gasteiger partial charge in [0.25, 0.3) is 0 Å². The quantitative estimate of drug-likeness (QED) is 0.853. The first-order valence-electron chi connectivity index (χ1n) is 7.13. The molecular formula is C16H24FNO. The summed E-state index contributed by atoms with van der Waals surface area (Å²) in [6.07, 6.45) is 1.93. The number of rotatable bonds is 6. The first-order chi connectivity index (χ1) is 9.10. The Morgan fingerprint density at radius 3 is 2.89 bits per heavy atom. The lowest BCUT2D eigenvalue weighted by Gasteiger charge is -2.28. The van der Waals surface area contributed by atoms with E-state index in [1.54, 1.807) is 12.1 Å². The highest BCUT2D eigenvalue weighted by molar-refractivity contribution is 5.18. The molecule has 2 rings (SSSR count). The Morgan fingerprint density at radius 2 is 2.26 bits per heavy atom. The molecule has 1 atom stereocenters. The van der Waals surface area contributed by atoms with E-state index >= 15 is 0 Å². The van der Waals surface area contributed by atoms with Crippen LogP contribution in [0.1, 0.15) is 25.8 Å². The molecule has 1 unspecified atom stereocenters. The molecule has 3 heteroatoms. The molecule has 1 aromatic carbocycles. The molecule has 1 heterocycles. The molecule has 1 aliphatic heterocycles. The van der Waals surface area contributed by atoms with Gasteiger partial charge in [0.15, 0.2) is 0 Å². The third-order valence-corrected chi connectivity index (χ3v) is 3.71. The number of ether oxygens (including phenoxy) is 1. The van der Waals surface area contributed by atoms with Crippen molar-refractivity contribution in [2.45, 2.75) is 26.7 Å². The van der Waals surface area contributed by atoms with Gasteiger partial charge in [-0.1, -0.05) is 26.0 Å². The molecule has 2 nitrogen and oxygen atoms in total. The minimum atomic E-state index is -0.151. The summed E-state index contributed by atoms with van der Waals surface area (Å²) in [7, 11) is 0. The summed E-state index contributed by atoms with van der Waals surface area (Å²) in [5.41, 5.74) is 1.19. The van der Waals surface area contributed by atoms with Gasteiger partial charge in [-0.2, -0.15) is 0 Å². The van der Waals surface area contributed by atoms with Crippen molar-refractivity contribution in [1.29, 1.82) is 0 Å². The van der Waals surface area contributed by atoms with Crippen LogP contribution in [0.4, 0.5) is 4.39 Å². The van der Waals surface area contributed by atoms with Crippen molar-refractivity contribution in [2.24, 2.45) is 11.3 Å². The fourth-order valence-corrected chi connectivity index (χ4v) is 2.70. The van der Waals surface area contributed by atoms with Crippen molar-refractivity contribution in [3.8, 4) is 0 Å². The van der Waals surface area contributed by atoms with Crippen LogP contribution in [-0.4, -0.2) is 26.3 Å². The molecule has 106 valence electrons. The summed E-state index contributed by atoms with van der Waals surface area (Å²) in [5.74, 6) is 0.496. The first-order valence-corrected chi connectivity index (χ1v) is 7.13. The van der Waals surface area contributed by atoms with Crippen molar-refractivity contribution in [3.63, 3.8) is 0 Å². The minimum absolute atomic E-state index is 0.128. The van der Waals surface area contributed by atoms with E-state index in [0.717, 1.165) is 44.7 Å². The van der Waals surface area contributed by atoms with E-state index in [-0.39, 0.29) is 11.2 Å². The van der Waals surface area contributed by atoms with Gasteiger partial charge in [-0.15, -0.1) is 0 Å². The van der Waals surface area contributed by atoms with Crippen LogP contribution >= 0.6 is 0 Å². The van der Waals surface area contributed by atoms with E-state index in [0.29, 0.717) is 5.92 Å². The zero-order chi connectivity index (χ0) is 13.7. The maximum Gasteiger partial charge on any atom is 0.123 e. The highest BCUT2D eigenvalue weighted by Gasteiger charge is 2.34. The molecule has 1 aliphatic rings. The number of benzene rings is 1. The zero-order valence-corrected chi connectivity index (χ0v) is 11.9. The van der Waals surface area contributed by atoms with Gasteiger partial charge in [-0.25, -0.2) is 4.39 Å². The highest BCUT2D eigenvalue weighted by atomic mass is 19.1. The van der Waals surface area contributed by atoms with E-state index < -0.39 is 0 Å². The summed E-state index contributed by atoms with van der Waals surface area (Å²) in [6.45, 7) is 7.97. The van der Waals surface area contributed by atoms with Crippen LogP contribution in [-0.2, 0) is 11.2 Å². The third-order valence-electron chi connectivity index (χ3n) is 3.71. The van der Waals surface area contributed by atoms with Crippen molar-refractivity contribution < 1.29 is 9.13 Å². The largest absolute Gasteiger partial charge is 0.381 e. The van der Waals surface area contributed by atoms with Crippen molar-refractivity contribution in [1.82, 2.24) is 5.32 Å². The fraction of sp³-hybridized carbons (Fsp3) is 0.625. The van der Waals surface area contributed by atoms with Gasteiger partial charge in [0.1, 0.15) is 5.82 Å². The predicted molar refractivity (Wildman–Crippen MR) is 75.7 cm³/mol. The number of halogens is 1. The van der Waals surface area contributed by atoms with Crippen LogP contribution in [0, 0.1) is 17.2 Å². The molecule has 0 aromatic heterocycles. The van der Waals surface area contributed by atoms with Crippen LogP contribution in [0.3, 0.4) is 0 Å². The Bertz CT molecular complexity index is 399. The van der Waals surface area contributed by atoms with E-state index in [2.05, 4.69) is 19.2 Å². The van der Waals surface area contributed by atoms with Gasteiger partial charge in [-0.3, -0.25) is 0 Å². The maximum absolute atomic E-state index is 13.3. The number of hydrogen-bond donors (Lipinski definition) is 1. The highest BCUT2D eigenvalue weighted by Crippen LogP contribution is 2.32. The Balaban J connectivity index is 1.99. The summed E-state index contributed by atoms with van der Waals surface area (Å²) >= 11 is 0. The monoisotopic (exact) mass is 265 g/mol. The normalized spacial score (nSPS) is 23.2. The molecule has 0 amide bonds. The molecule has 19 heavy (non-hydrogen) atoms. The van der Waals surface area contributed by atoms with E-state index in [1.807, 2.05) is 6.07 Å². The van der Waals surface area contributed by atoms with E-state index in [4.69, 9.17) is 4.74 Å². The van der Waals surface area contributed by atoms with Gasteiger partial charge in [-0.05, 0) is 43.0 Å². The van der Waals surface area contributed by atoms with Gasteiger partial charge < -0.3 is 10.1 Å². The summed E-state index contributed by atoms with van der Waals surface area (Å²) in [6, 6.07) is 6.93. The lowest BCUT2D eigenvalue weighted by atomic mass is 9.80. The molecule has 0 radical (unpaired) electrons. The van der Waals surface area contributed by atoms with Crippen LogP contribution in [0.25, 0.3) is 0 Å². The molecular weight excluding hydrogens is 241 g/mol. The molecule has 0 saturated carbocycles. The molecule has 1 fully saturated rings. The second-order valence-electron chi connectivity index (χ2n) is 6.13. The first kappa shape index (κ1) is 14.5. The van der Waals surface area contributed by atoms with Crippen molar-refractivity contribution >= 4 is 0 Å². The third kappa shape index (κ3) is 4.29. The number of nitrogens with one attached hydrogen (secondary N) is 1. The average molecular weight is 265 g/mol. The van der Waals surface area contributed by atoms with Gasteiger partial charge in [0, 0.05) is 18.6 Å². The molecule has 1 aromatic rings. The Hall–Kier alpha value is -0.930. The second-order valence-corrected chi connectivity index (χ2v) is 6.13. The van der Waals surface area contributed by atoms with Crippen molar-refractivity contribution in [3.05, 3.63) is 35.6 Å². The maximum atomic E-state index is 13.3. The topological polar surface area (TPSA) is 21.3 Å². The van der Waals surface area contributed by atoms with Gasteiger partial charge >= 0.3 is 0 Å². The second kappa shape index (κ2) is 6.49. The van der Waals surface area contributed by atoms with Crippen LogP contribution < -0.4 is 5.32 Å². The molecule has 1 N–H and O–H groups in total. The number of hydrogen-bond acceptors (Lipinski definition) is 2.